The summed E-state index contributed by atoms with van der Waals surface area (Å²) < 4.78 is 49.1. The predicted molar refractivity (Wildman–Crippen MR) is 142 cm³/mol. The molecule has 0 aliphatic heterocycles. The zero-order valence-corrected chi connectivity index (χ0v) is 21.2. The van der Waals surface area contributed by atoms with Crippen LogP contribution in [-0.4, -0.2) is 25.0 Å². The molecular formula is C31H23F3N2O4. The van der Waals surface area contributed by atoms with Gasteiger partial charge in [0.2, 0.25) is 0 Å². The van der Waals surface area contributed by atoms with Crippen molar-refractivity contribution in [3.05, 3.63) is 119 Å². The summed E-state index contributed by atoms with van der Waals surface area (Å²) in [7, 11) is 1.23. The number of ether oxygens (including phenoxy) is 2. The van der Waals surface area contributed by atoms with E-state index in [9.17, 15) is 22.8 Å². The van der Waals surface area contributed by atoms with E-state index in [1.807, 2.05) is 6.07 Å². The fraction of sp³-hybridized carbons (Fsp3) is 0.129. The normalized spacial score (nSPS) is 11.7. The van der Waals surface area contributed by atoms with E-state index in [4.69, 9.17) is 14.7 Å². The van der Waals surface area contributed by atoms with E-state index in [-0.39, 0.29) is 12.0 Å². The van der Waals surface area contributed by atoms with Gasteiger partial charge >= 0.3 is 12.1 Å². The Kier molecular flexibility index (Phi) is 8.50. The van der Waals surface area contributed by atoms with Gasteiger partial charge in [0, 0.05) is 12.0 Å². The van der Waals surface area contributed by atoms with Crippen LogP contribution >= 0.6 is 0 Å². The molecule has 40 heavy (non-hydrogen) atoms. The summed E-state index contributed by atoms with van der Waals surface area (Å²) in [4.78, 5) is 25.3. The maximum absolute atomic E-state index is 12.9. The third kappa shape index (κ3) is 7.05. The van der Waals surface area contributed by atoms with Gasteiger partial charge in [0.15, 0.2) is 0 Å². The van der Waals surface area contributed by atoms with E-state index in [0.717, 1.165) is 17.7 Å². The third-order valence-corrected chi connectivity index (χ3v) is 6.07. The van der Waals surface area contributed by atoms with Gasteiger partial charge in [-0.25, -0.2) is 4.79 Å². The van der Waals surface area contributed by atoms with E-state index < -0.39 is 29.7 Å². The second kappa shape index (κ2) is 12.2. The Morgan fingerprint density at radius 3 is 1.85 bits per heavy atom. The lowest BCUT2D eigenvalue weighted by molar-refractivity contribution is -0.143. The van der Waals surface area contributed by atoms with Crippen molar-refractivity contribution in [3.63, 3.8) is 0 Å². The second-order valence-electron chi connectivity index (χ2n) is 8.79. The Balaban J connectivity index is 1.40. The summed E-state index contributed by atoms with van der Waals surface area (Å²) in [5.41, 5.74) is 2.01. The number of hydrogen-bond donors (Lipinski definition) is 1. The Bertz CT molecular complexity index is 1510. The fourth-order valence-corrected chi connectivity index (χ4v) is 3.91. The number of benzene rings is 4. The molecule has 0 spiro atoms. The van der Waals surface area contributed by atoms with Crippen molar-refractivity contribution in [2.75, 3.05) is 7.11 Å². The van der Waals surface area contributed by atoms with Gasteiger partial charge in [0.25, 0.3) is 5.91 Å². The number of nitriles is 1. The highest BCUT2D eigenvalue weighted by Gasteiger charge is 2.30. The Labute approximate surface area is 228 Å². The first-order valence-corrected chi connectivity index (χ1v) is 12.1. The van der Waals surface area contributed by atoms with E-state index in [2.05, 4.69) is 5.32 Å². The molecule has 0 radical (unpaired) electrons. The van der Waals surface area contributed by atoms with Crippen molar-refractivity contribution >= 4 is 11.9 Å². The van der Waals surface area contributed by atoms with Gasteiger partial charge < -0.3 is 14.8 Å². The zero-order chi connectivity index (χ0) is 28.7. The van der Waals surface area contributed by atoms with Crippen molar-refractivity contribution in [3.8, 4) is 28.7 Å². The van der Waals surface area contributed by atoms with E-state index in [1.54, 1.807) is 60.7 Å². The number of nitrogens with zero attached hydrogens (tertiary/aromatic N) is 1. The van der Waals surface area contributed by atoms with Crippen LogP contribution in [0.3, 0.4) is 0 Å². The quantitative estimate of drug-likeness (QED) is 0.254. The highest BCUT2D eigenvalue weighted by atomic mass is 19.4. The third-order valence-electron chi connectivity index (χ3n) is 6.07. The number of amides is 1. The van der Waals surface area contributed by atoms with Crippen LogP contribution in [-0.2, 0) is 22.1 Å². The lowest BCUT2D eigenvalue weighted by Crippen LogP contribution is -2.43. The molecule has 6 nitrogen and oxygen atoms in total. The molecule has 1 amide bonds. The van der Waals surface area contributed by atoms with Crippen LogP contribution < -0.4 is 10.1 Å². The highest BCUT2D eigenvalue weighted by molar-refractivity contribution is 5.97. The Morgan fingerprint density at radius 1 is 0.825 bits per heavy atom. The lowest BCUT2D eigenvalue weighted by Gasteiger charge is -2.17. The number of carbonyl (C=O) groups is 2. The van der Waals surface area contributed by atoms with Gasteiger partial charge in [-0.1, -0.05) is 36.4 Å². The molecule has 0 unspecified atom stereocenters. The van der Waals surface area contributed by atoms with Crippen molar-refractivity contribution in [1.29, 1.82) is 5.26 Å². The van der Waals surface area contributed by atoms with E-state index in [1.165, 1.54) is 31.4 Å². The number of esters is 1. The minimum Gasteiger partial charge on any atom is -0.467 e. The zero-order valence-electron chi connectivity index (χ0n) is 21.2. The molecule has 0 saturated heterocycles. The Morgan fingerprint density at radius 2 is 1.35 bits per heavy atom. The van der Waals surface area contributed by atoms with Crippen molar-refractivity contribution in [2.45, 2.75) is 18.6 Å². The molecule has 1 N–H and O–H groups in total. The lowest BCUT2D eigenvalue weighted by atomic mass is 10.0. The largest absolute Gasteiger partial charge is 0.467 e. The fourth-order valence-electron chi connectivity index (χ4n) is 3.91. The summed E-state index contributed by atoms with van der Waals surface area (Å²) >= 11 is 0. The molecule has 0 aliphatic rings. The van der Waals surface area contributed by atoms with Crippen molar-refractivity contribution < 1.29 is 32.2 Å². The molecule has 1 atom stereocenters. The minimum absolute atomic E-state index is 0.166. The van der Waals surface area contributed by atoms with Crippen LogP contribution in [0.15, 0.2) is 97.1 Å². The van der Waals surface area contributed by atoms with Gasteiger partial charge in [0.1, 0.15) is 17.5 Å². The molecule has 0 saturated carbocycles. The molecule has 0 aliphatic carbocycles. The maximum Gasteiger partial charge on any atom is 0.416 e. The summed E-state index contributed by atoms with van der Waals surface area (Å²) in [5.74, 6) is -0.00110. The van der Waals surface area contributed by atoms with Crippen molar-refractivity contribution in [2.24, 2.45) is 0 Å². The van der Waals surface area contributed by atoms with Crippen LogP contribution in [0.5, 0.6) is 11.5 Å². The van der Waals surface area contributed by atoms with Gasteiger partial charge in [-0.05, 0) is 77.4 Å². The molecule has 0 bridgehead atoms. The molecular weight excluding hydrogens is 521 g/mol. The first kappa shape index (κ1) is 27.9. The molecule has 9 heteroatoms. The maximum atomic E-state index is 12.9. The minimum atomic E-state index is -4.42. The van der Waals surface area contributed by atoms with E-state index >= 15 is 0 Å². The molecule has 4 aromatic carbocycles. The standard InChI is InChI=1S/C31H23F3N2O4/c1-39-30(38)28(18-20-2-14-26(15-3-20)40-27-16-4-21(19-35)5-17-27)36-29(37)24-8-6-22(7-9-24)23-10-12-25(13-11-23)31(32,33)34/h2-17,28H,18H2,1H3,(H,36,37)/t28-/m0/s1. The molecule has 0 heterocycles. The monoisotopic (exact) mass is 544 g/mol. The molecule has 202 valence electrons. The number of hydrogen-bond acceptors (Lipinski definition) is 5. The number of alkyl halides is 3. The van der Waals surface area contributed by atoms with Crippen LogP contribution in [0, 0.1) is 11.3 Å². The summed E-state index contributed by atoms with van der Waals surface area (Å²) in [6.07, 6.45) is -4.25. The van der Waals surface area contributed by atoms with Gasteiger partial charge in [-0.3, -0.25) is 4.79 Å². The first-order valence-electron chi connectivity index (χ1n) is 12.1. The number of methoxy groups -OCH3 is 1. The second-order valence-corrected chi connectivity index (χ2v) is 8.79. The van der Waals surface area contributed by atoms with Crippen molar-refractivity contribution in [1.82, 2.24) is 5.32 Å². The van der Waals surface area contributed by atoms with Crippen LogP contribution in [0.4, 0.5) is 13.2 Å². The molecule has 0 aromatic heterocycles. The SMILES string of the molecule is COC(=O)[C@H](Cc1ccc(Oc2ccc(C#N)cc2)cc1)NC(=O)c1ccc(-c2ccc(C(F)(F)F)cc2)cc1. The van der Waals surface area contributed by atoms with Crippen LogP contribution in [0.25, 0.3) is 11.1 Å². The summed E-state index contributed by atoms with van der Waals surface area (Å²) in [5, 5.41) is 11.6. The summed E-state index contributed by atoms with van der Waals surface area (Å²) in [6, 6.07) is 25.8. The molecule has 0 fully saturated rings. The van der Waals surface area contributed by atoms with Crippen LogP contribution in [0.1, 0.15) is 27.0 Å². The molecule has 4 rings (SSSR count). The summed E-state index contributed by atoms with van der Waals surface area (Å²) in [6.45, 7) is 0. The number of nitrogens with one attached hydrogen (secondary N) is 1. The van der Waals surface area contributed by atoms with E-state index in [0.29, 0.717) is 28.2 Å². The number of rotatable bonds is 8. The smallest absolute Gasteiger partial charge is 0.416 e. The highest BCUT2D eigenvalue weighted by Crippen LogP contribution is 2.31. The van der Waals surface area contributed by atoms with Gasteiger partial charge in [-0.2, -0.15) is 18.4 Å². The number of carbonyl (C=O) groups excluding carboxylic acids is 2. The van der Waals surface area contributed by atoms with Gasteiger partial charge in [0.05, 0.1) is 24.3 Å². The van der Waals surface area contributed by atoms with Crippen LogP contribution in [0.2, 0.25) is 0 Å². The average molecular weight is 545 g/mol. The average Bonchev–Trinajstić information content (AvgIpc) is 2.97. The number of halogens is 3. The predicted octanol–water partition coefficient (Wildman–Crippen LogP) is 6.55. The Hall–Kier alpha value is -5.10. The molecule has 4 aromatic rings. The topological polar surface area (TPSA) is 88.4 Å². The first-order chi connectivity index (χ1) is 19.2. The van der Waals surface area contributed by atoms with Gasteiger partial charge in [-0.15, -0.1) is 0 Å².